The minimum Gasteiger partial charge on any atom is -0.242 e. The molecule has 1 aromatic rings. The highest BCUT2D eigenvalue weighted by Gasteiger charge is 2.23. The fraction of sp³-hybridized carbons (Fsp3) is 0.467. The highest BCUT2D eigenvalue weighted by Crippen LogP contribution is 2.23. The van der Waals surface area contributed by atoms with E-state index in [1.807, 2.05) is 39.0 Å². The van der Waals surface area contributed by atoms with Crippen LogP contribution in [0.25, 0.3) is 0 Å². The van der Waals surface area contributed by atoms with Gasteiger partial charge in [0.05, 0.1) is 15.7 Å². The van der Waals surface area contributed by atoms with E-state index >= 15 is 0 Å². The van der Waals surface area contributed by atoms with Gasteiger partial charge in [0.25, 0.3) is 0 Å². The highest BCUT2D eigenvalue weighted by molar-refractivity contribution is 7.84. The number of hydrogen-bond acceptors (Lipinski definition) is 1. The lowest BCUT2D eigenvalue weighted by Gasteiger charge is -2.24. The molecule has 0 aliphatic heterocycles. The van der Waals surface area contributed by atoms with Crippen LogP contribution in [0.15, 0.2) is 36.9 Å². The maximum absolute atomic E-state index is 12.2. The quantitative estimate of drug-likeness (QED) is 0.809. The lowest BCUT2D eigenvalue weighted by Crippen LogP contribution is -2.35. The summed E-state index contributed by atoms with van der Waals surface area (Å²) >= 11 is 0. The van der Waals surface area contributed by atoms with Crippen LogP contribution in [-0.4, -0.2) is 8.96 Å². The number of rotatable bonds is 5. The molecule has 18 heavy (non-hydrogen) atoms. The third-order valence-corrected chi connectivity index (χ3v) is 4.38. The largest absolute Gasteiger partial charge is 0.242 e. The molecule has 100 valence electrons. The fourth-order valence-corrected chi connectivity index (χ4v) is 2.52. The standard InChI is InChI=1S/C15H23NOS/c1-6-9-14(16-18(17)15(3,4)5)13-11-8-7-10-12(13)2/h6-8,10-11,14,16H,1,9H2,2-5H3/t14-,18?/m0/s1. The molecule has 1 unspecified atom stereocenters. The number of nitrogens with one attached hydrogen (secondary N) is 1. The average Bonchev–Trinajstić information content (AvgIpc) is 2.28. The predicted molar refractivity (Wildman–Crippen MR) is 79.8 cm³/mol. The molecular weight excluding hydrogens is 242 g/mol. The molecule has 0 bridgehead atoms. The van der Waals surface area contributed by atoms with E-state index in [0.29, 0.717) is 0 Å². The van der Waals surface area contributed by atoms with Gasteiger partial charge in [0, 0.05) is 6.04 Å². The summed E-state index contributed by atoms with van der Waals surface area (Å²) in [4.78, 5) is 0. The molecule has 0 aliphatic rings. The first-order chi connectivity index (χ1) is 8.36. The van der Waals surface area contributed by atoms with Gasteiger partial charge >= 0.3 is 0 Å². The fourth-order valence-electron chi connectivity index (χ4n) is 1.69. The van der Waals surface area contributed by atoms with E-state index in [9.17, 15) is 4.21 Å². The average molecular weight is 265 g/mol. The van der Waals surface area contributed by atoms with Gasteiger partial charge in [-0.15, -0.1) is 6.58 Å². The van der Waals surface area contributed by atoms with Gasteiger partial charge in [-0.05, 0) is 45.2 Å². The van der Waals surface area contributed by atoms with Crippen LogP contribution in [0.3, 0.4) is 0 Å². The molecule has 0 radical (unpaired) electrons. The summed E-state index contributed by atoms with van der Waals surface area (Å²) in [5, 5.41) is 0. The summed E-state index contributed by atoms with van der Waals surface area (Å²) in [6.07, 6.45) is 2.64. The third-order valence-electron chi connectivity index (χ3n) is 2.77. The lowest BCUT2D eigenvalue weighted by molar-refractivity contribution is 0.600. The highest BCUT2D eigenvalue weighted by atomic mass is 32.2. The molecule has 3 heteroatoms. The first-order valence-electron chi connectivity index (χ1n) is 6.20. The van der Waals surface area contributed by atoms with Crippen molar-refractivity contribution in [2.45, 2.75) is 44.9 Å². The normalized spacial score (nSPS) is 15.1. The SMILES string of the molecule is C=CC[C@H](NS(=O)C(C)(C)C)c1ccccc1C. The Hall–Kier alpha value is -0.930. The summed E-state index contributed by atoms with van der Waals surface area (Å²) < 4.78 is 15.2. The molecule has 0 heterocycles. The summed E-state index contributed by atoms with van der Waals surface area (Å²) in [5.41, 5.74) is 2.40. The van der Waals surface area contributed by atoms with Gasteiger partial charge in [0.1, 0.15) is 0 Å². The molecule has 0 aliphatic carbocycles. The van der Waals surface area contributed by atoms with Gasteiger partial charge in [-0.1, -0.05) is 30.3 Å². The van der Waals surface area contributed by atoms with Crippen molar-refractivity contribution < 1.29 is 4.21 Å². The first kappa shape index (κ1) is 15.1. The molecular formula is C15H23NOS. The van der Waals surface area contributed by atoms with Gasteiger partial charge in [0.15, 0.2) is 0 Å². The zero-order valence-corrected chi connectivity index (χ0v) is 12.5. The molecule has 1 N–H and O–H groups in total. The molecule has 0 spiro atoms. The Morgan fingerprint density at radius 2 is 2.00 bits per heavy atom. The summed E-state index contributed by atoms with van der Waals surface area (Å²) in [6, 6.07) is 8.25. The molecule has 0 amide bonds. The van der Waals surface area contributed by atoms with Crippen molar-refractivity contribution in [1.29, 1.82) is 0 Å². The van der Waals surface area contributed by atoms with Crippen molar-refractivity contribution in [2.24, 2.45) is 0 Å². The van der Waals surface area contributed by atoms with Crippen LogP contribution < -0.4 is 4.72 Å². The molecule has 2 nitrogen and oxygen atoms in total. The molecule has 0 fully saturated rings. The smallest absolute Gasteiger partial charge is 0.0976 e. The minimum absolute atomic E-state index is 0.0590. The van der Waals surface area contributed by atoms with Crippen LogP contribution in [0.5, 0.6) is 0 Å². The van der Waals surface area contributed by atoms with Crippen molar-refractivity contribution in [3.05, 3.63) is 48.0 Å². The Kier molecular flexibility index (Phi) is 5.29. The lowest BCUT2D eigenvalue weighted by atomic mass is 10.00. The van der Waals surface area contributed by atoms with Crippen LogP contribution in [0.1, 0.15) is 44.4 Å². The zero-order valence-electron chi connectivity index (χ0n) is 11.7. The van der Waals surface area contributed by atoms with Crippen molar-refractivity contribution >= 4 is 11.0 Å². The Labute approximate surface area is 113 Å². The van der Waals surface area contributed by atoms with E-state index in [1.165, 1.54) is 11.1 Å². The van der Waals surface area contributed by atoms with Crippen LogP contribution in [0, 0.1) is 6.92 Å². The Morgan fingerprint density at radius 1 is 1.39 bits per heavy atom. The molecule has 0 aromatic heterocycles. The Balaban J connectivity index is 2.94. The van der Waals surface area contributed by atoms with Crippen LogP contribution in [0.2, 0.25) is 0 Å². The first-order valence-corrected chi connectivity index (χ1v) is 7.35. The van der Waals surface area contributed by atoms with Crippen LogP contribution in [0.4, 0.5) is 0 Å². The molecule has 0 saturated carbocycles. The van der Waals surface area contributed by atoms with E-state index < -0.39 is 11.0 Å². The topological polar surface area (TPSA) is 29.1 Å². The second kappa shape index (κ2) is 6.30. The van der Waals surface area contributed by atoms with Crippen molar-refractivity contribution in [3.63, 3.8) is 0 Å². The van der Waals surface area contributed by atoms with Gasteiger partial charge in [-0.2, -0.15) is 0 Å². The van der Waals surface area contributed by atoms with E-state index in [2.05, 4.69) is 30.4 Å². The van der Waals surface area contributed by atoms with E-state index in [1.54, 1.807) is 0 Å². The monoisotopic (exact) mass is 265 g/mol. The molecule has 0 saturated heterocycles. The van der Waals surface area contributed by atoms with Crippen molar-refractivity contribution in [3.8, 4) is 0 Å². The number of aryl methyl sites for hydroxylation is 1. The molecule has 2 atom stereocenters. The van der Waals surface area contributed by atoms with E-state index in [-0.39, 0.29) is 10.8 Å². The number of hydrogen-bond donors (Lipinski definition) is 1. The minimum atomic E-state index is -1.08. The van der Waals surface area contributed by atoms with Crippen molar-refractivity contribution in [1.82, 2.24) is 4.72 Å². The van der Waals surface area contributed by atoms with Gasteiger partial charge in [-0.3, -0.25) is 0 Å². The van der Waals surface area contributed by atoms with Gasteiger partial charge in [-0.25, -0.2) is 8.93 Å². The van der Waals surface area contributed by atoms with Gasteiger partial charge in [0.2, 0.25) is 0 Å². The zero-order chi connectivity index (χ0) is 13.8. The summed E-state index contributed by atoms with van der Waals surface area (Å²) in [6.45, 7) is 11.8. The van der Waals surface area contributed by atoms with Crippen LogP contribution >= 0.6 is 0 Å². The van der Waals surface area contributed by atoms with E-state index in [0.717, 1.165) is 6.42 Å². The Bertz CT molecular complexity index is 434. The van der Waals surface area contributed by atoms with Crippen molar-refractivity contribution in [2.75, 3.05) is 0 Å². The number of benzene rings is 1. The molecule has 1 rings (SSSR count). The molecule has 1 aromatic carbocycles. The maximum atomic E-state index is 12.2. The third kappa shape index (κ3) is 4.07. The summed E-state index contributed by atoms with van der Waals surface area (Å²) in [5.74, 6) is 0. The van der Waals surface area contributed by atoms with Crippen LogP contribution in [-0.2, 0) is 11.0 Å². The van der Waals surface area contributed by atoms with Gasteiger partial charge < -0.3 is 0 Å². The second-order valence-corrected chi connectivity index (χ2v) is 7.43. The Morgan fingerprint density at radius 3 is 2.50 bits per heavy atom. The van der Waals surface area contributed by atoms with E-state index in [4.69, 9.17) is 0 Å². The maximum Gasteiger partial charge on any atom is 0.0976 e. The predicted octanol–water partition coefficient (Wildman–Crippen LogP) is 3.66. The summed E-state index contributed by atoms with van der Waals surface area (Å²) in [7, 11) is -1.08. The second-order valence-electron chi connectivity index (χ2n) is 5.43.